The van der Waals surface area contributed by atoms with E-state index in [1.807, 2.05) is 32.0 Å². The molecule has 0 aliphatic heterocycles. The number of nitrogens with one attached hydrogen (secondary N) is 1. The Labute approximate surface area is 200 Å². The SMILES string of the molecule is Cc1ccc(C)c(OCCNC(=O)CN(c2cccc(Cl)c2C)S(=O)(=O)c2ccccc2)c1. The lowest BCUT2D eigenvalue weighted by Gasteiger charge is -2.26. The summed E-state index contributed by atoms with van der Waals surface area (Å²) in [4.78, 5) is 12.8. The standard InChI is InChI=1S/C25H27ClN2O4S/c1-18-12-13-19(2)24(16-18)32-15-14-27-25(29)17-28(23-11-7-10-22(26)20(23)3)33(30,31)21-8-5-4-6-9-21/h4-13,16H,14-15,17H2,1-3H3,(H,27,29). The van der Waals surface area contributed by atoms with Gasteiger partial charge in [-0.05, 0) is 67.8 Å². The van der Waals surface area contributed by atoms with Gasteiger partial charge in [0, 0.05) is 5.02 Å². The molecule has 3 rings (SSSR count). The molecule has 0 aliphatic rings. The van der Waals surface area contributed by atoms with Crippen LogP contribution in [0.2, 0.25) is 5.02 Å². The summed E-state index contributed by atoms with van der Waals surface area (Å²) in [6.07, 6.45) is 0. The number of sulfonamides is 1. The van der Waals surface area contributed by atoms with Crippen molar-refractivity contribution < 1.29 is 17.9 Å². The number of hydrogen-bond acceptors (Lipinski definition) is 4. The molecule has 0 fully saturated rings. The fraction of sp³-hybridized carbons (Fsp3) is 0.240. The molecule has 0 atom stereocenters. The van der Waals surface area contributed by atoms with Gasteiger partial charge < -0.3 is 10.1 Å². The van der Waals surface area contributed by atoms with Gasteiger partial charge in [-0.2, -0.15) is 0 Å². The van der Waals surface area contributed by atoms with Crippen molar-refractivity contribution >= 4 is 33.2 Å². The van der Waals surface area contributed by atoms with Crippen LogP contribution in [0.25, 0.3) is 0 Å². The number of nitrogens with zero attached hydrogens (tertiary/aromatic N) is 1. The van der Waals surface area contributed by atoms with E-state index in [0.29, 0.717) is 16.3 Å². The van der Waals surface area contributed by atoms with Crippen molar-refractivity contribution in [3.05, 3.63) is 88.4 Å². The lowest BCUT2D eigenvalue weighted by molar-refractivity contribution is -0.119. The van der Waals surface area contributed by atoms with Crippen LogP contribution in [0, 0.1) is 20.8 Å². The normalized spacial score (nSPS) is 11.2. The Bertz CT molecular complexity index is 1230. The van der Waals surface area contributed by atoms with Gasteiger partial charge in [0.25, 0.3) is 10.0 Å². The van der Waals surface area contributed by atoms with Crippen molar-refractivity contribution in [1.82, 2.24) is 5.32 Å². The highest BCUT2D eigenvalue weighted by molar-refractivity contribution is 7.92. The Morgan fingerprint density at radius 3 is 2.45 bits per heavy atom. The Hall–Kier alpha value is -3.03. The van der Waals surface area contributed by atoms with E-state index in [2.05, 4.69) is 5.32 Å². The summed E-state index contributed by atoms with van der Waals surface area (Å²) in [6, 6.07) is 18.9. The van der Waals surface area contributed by atoms with Crippen molar-refractivity contribution in [2.45, 2.75) is 25.7 Å². The summed E-state index contributed by atoms with van der Waals surface area (Å²) in [5.41, 5.74) is 3.01. The Morgan fingerprint density at radius 2 is 1.73 bits per heavy atom. The van der Waals surface area contributed by atoms with Gasteiger partial charge in [0.1, 0.15) is 18.9 Å². The first-order valence-electron chi connectivity index (χ1n) is 10.5. The number of anilines is 1. The third kappa shape index (κ3) is 6.06. The van der Waals surface area contributed by atoms with Crippen LogP contribution in [-0.4, -0.2) is 34.0 Å². The maximum Gasteiger partial charge on any atom is 0.264 e. The fourth-order valence-corrected chi connectivity index (χ4v) is 4.96. The molecule has 1 amide bonds. The molecule has 0 aliphatic carbocycles. The molecule has 0 saturated carbocycles. The summed E-state index contributed by atoms with van der Waals surface area (Å²) in [7, 11) is -3.99. The highest BCUT2D eigenvalue weighted by Gasteiger charge is 2.28. The minimum Gasteiger partial charge on any atom is -0.491 e. The molecule has 1 N–H and O–H groups in total. The second kappa shape index (κ2) is 10.7. The zero-order valence-corrected chi connectivity index (χ0v) is 20.4. The summed E-state index contributed by atoms with van der Waals surface area (Å²) < 4.78 is 33.6. The van der Waals surface area contributed by atoms with Crippen LogP contribution in [0.15, 0.2) is 71.6 Å². The first-order chi connectivity index (χ1) is 15.7. The first kappa shape index (κ1) is 24.6. The zero-order chi connectivity index (χ0) is 24.0. The van der Waals surface area contributed by atoms with E-state index in [1.54, 1.807) is 43.3 Å². The molecule has 33 heavy (non-hydrogen) atoms. The molecule has 6 nitrogen and oxygen atoms in total. The molecule has 0 heterocycles. The van der Waals surface area contributed by atoms with Crippen LogP contribution in [0.4, 0.5) is 5.69 Å². The number of rotatable bonds is 9. The third-order valence-corrected chi connectivity index (χ3v) is 7.34. The quantitative estimate of drug-likeness (QED) is 0.446. The van der Waals surface area contributed by atoms with Gasteiger partial charge in [-0.25, -0.2) is 8.42 Å². The average Bonchev–Trinajstić information content (AvgIpc) is 2.80. The topological polar surface area (TPSA) is 75.7 Å². The van der Waals surface area contributed by atoms with Gasteiger partial charge in [0.2, 0.25) is 5.91 Å². The smallest absolute Gasteiger partial charge is 0.264 e. The van der Waals surface area contributed by atoms with Gasteiger partial charge in [-0.3, -0.25) is 9.10 Å². The van der Waals surface area contributed by atoms with Gasteiger partial charge >= 0.3 is 0 Å². The van der Waals surface area contributed by atoms with Crippen LogP contribution in [0.3, 0.4) is 0 Å². The van der Waals surface area contributed by atoms with Crippen molar-refractivity contribution in [3.63, 3.8) is 0 Å². The Kier molecular flexibility index (Phi) is 8.00. The van der Waals surface area contributed by atoms with Crippen LogP contribution in [0.5, 0.6) is 5.75 Å². The van der Waals surface area contributed by atoms with Crippen LogP contribution < -0.4 is 14.4 Å². The monoisotopic (exact) mass is 486 g/mol. The molecule has 0 unspecified atom stereocenters. The highest BCUT2D eigenvalue weighted by Crippen LogP contribution is 2.30. The molecule has 0 radical (unpaired) electrons. The molecule has 0 saturated heterocycles. The predicted octanol–water partition coefficient (Wildman–Crippen LogP) is 4.66. The lowest BCUT2D eigenvalue weighted by atomic mass is 10.1. The van der Waals surface area contributed by atoms with Crippen LogP contribution in [-0.2, 0) is 14.8 Å². The molecule has 3 aromatic carbocycles. The van der Waals surface area contributed by atoms with Gasteiger partial charge in [-0.1, -0.05) is 48.0 Å². The van der Waals surface area contributed by atoms with E-state index in [4.69, 9.17) is 16.3 Å². The average molecular weight is 487 g/mol. The molecular formula is C25H27ClN2O4S. The lowest BCUT2D eigenvalue weighted by Crippen LogP contribution is -2.42. The first-order valence-corrected chi connectivity index (χ1v) is 12.3. The van der Waals surface area contributed by atoms with Crippen molar-refractivity contribution in [3.8, 4) is 5.75 Å². The largest absolute Gasteiger partial charge is 0.491 e. The maximum absolute atomic E-state index is 13.4. The van der Waals surface area contributed by atoms with Gasteiger partial charge in [0.15, 0.2) is 0 Å². The van der Waals surface area contributed by atoms with E-state index in [-0.39, 0.29) is 24.6 Å². The van der Waals surface area contributed by atoms with Crippen molar-refractivity contribution in [2.24, 2.45) is 0 Å². The van der Waals surface area contributed by atoms with Crippen molar-refractivity contribution in [1.29, 1.82) is 0 Å². The van der Waals surface area contributed by atoms with Crippen molar-refractivity contribution in [2.75, 3.05) is 24.0 Å². The van der Waals surface area contributed by atoms with Gasteiger partial charge in [0.05, 0.1) is 17.1 Å². The summed E-state index contributed by atoms with van der Waals surface area (Å²) in [5, 5.41) is 3.16. The number of hydrogen-bond donors (Lipinski definition) is 1. The second-order valence-electron chi connectivity index (χ2n) is 7.68. The highest BCUT2D eigenvalue weighted by atomic mass is 35.5. The summed E-state index contributed by atoms with van der Waals surface area (Å²) in [5.74, 6) is 0.311. The van der Waals surface area contributed by atoms with E-state index in [1.165, 1.54) is 12.1 Å². The second-order valence-corrected chi connectivity index (χ2v) is 9.95. The molecule has 0 spiro atoms. The number of halogens is 1. The number of aryl methyl sites for hydroxylation is 2. The number of ether oxygens (including phenoxy) is 1. The zero-order valence-electron chi connectivity index (χ0n) is 18.8. The number of benzene rings is 3. The minimum atomic E-state index is -3.99. The number of amides is 1. The van der Waals surface area contributed by atoms with E-state index in [0.717, 1.165) is 21.2 Å². The van der Waals surface area contributed by atoms with E-state index in [9.17, 15) is 13.2 Å². The molecule has 174 valence electrons. The number of carbonyl (C=O) groups excluding carboxylic acids is 1. The third-order valence-electron chi connectivity index (χ3n) is 5.15. The Morgan fingerprint density at radius 1 is 1.00 bits per heavy atom. The maximum atomic E-state index is 13.4. The van der Waals surface area contributed by atoms with E-state index < -0.39 is 15.9 Å². The molecule has 8 heteroatoms. The minimum absolute atomic E-state index is 0.0930. The number of carbonyl (C=O) groups is 1. The van der Waals surface area contributed by atoms with Crippen LogP contribution >= 0.6 is 11.6 Å². The molecule has 0 bridgehead atoms. The molecule has 0 aromatic heterocycles. The fourth-order valence-electron chi connectivity index (χ4n) is 3.29. The van der Waals surface area contributed by atoms with E-state index >= 15 is 0 Å². The summed E-state index contributed by atoms with van der Waals surface area (Å²) in [6.45, 7) is 5.77. The van der Waals surface area contributed by atoms with Crippen LogP contribution in [0.1, 0.15) is 16.7 Å². The molecular weight excluding hydrogens is 460 g/mol. The predicted molar refractivity (Wildman–Crippen MR) is 132 cm³/mol. The Balaban J connectivity index is 1.74. The summed E-state index contributed by atoms with van der Waals surface area (Å²) >= 11 is 6.24. The van der Waals surface area contributed by atoms with Gasteiger partial charge in [-0.15, -0.1) is 0 Å². The molecule has 3 aromatic rings.